The average molecular weight is 320 g/mol. The Bertz CT molecular complexity index is 702. The van der Waals surface area contributed by atoms with Crippen LogP contribution in [0, 0.1) is 0 Å². The number of nitrogen functional groups attached to an aromatic ring is 1. The van der Waals surface area contributed by atoms with Gasteiger partial charge >= 0.3 is 0 Å². The van der Waals surface area contributed by atoms with Crippen LogP contribution in [-0.4, -0.2) is 50.7 Å². The van der Waals surface area contributed by atoms with Gasteiger partial charge in [-0.05, 0) is 18.6 Å². The molecule has 0 aliphatic carbocycles. The summed E-state index contributed by atoms with van der Waals surface area (Å²) in [5.41, 5.74) is 2.23. The zero-order valence-corrected chi connectivity index (χ0v) is 12.5. The van der Waals surface area contributed by atoms with E-state index in [9.17, 15) is 16.8 Å². The fourth-order valence-corrected chi connectivity index (χ4v) is 5.48. The highest BCUT2D eigenvalue weighted by Gasteiger charge is 2.37. The van der Waals surface area contributed by atoms with Crippen LogP contribution >= 0.6 is 0 Å². The molecule has 1 aliphatic rings. The largest absolute Gasteiger partial charge is 0.307 e. The molecular weight excluding hydrogens is 304 g/mol. The van der Waals surface area contributed by atoms with Crippen molar-refractivity contribution in [3.8, 4) is 0 Å². The molecule has 20 heavy (non-hydrogen) atoms. The van der Waals surface area contributed by atoms with E-state index < -0.39 is 25.9 Å². The number of nitrogens with zero attached hydrogens (tertiary/aromatic N) is 2. The van der Waals surface area contributed by atoms with Crippen LogP contribution < -0.4 is 11.3 Å². The number of sulfone groups is 1. The van der Waals surface area contributed by atoms with Gasteiger partial charge in [0.15, 0.2) is 15.7 Å². The zero-order chi connectivity index (χ0) is 15.0. The zero-order valence-electron chi connectivity index (χ0n) is 10.9. The van der Waals surface area contributed by atoms with Gasteiger partial charge in [0.05, 0.1) is 11.5 Å². The van der Waals surface area contributed by atoms with Crippen LogP contribution in [0.15, 0.2) is 23.2 Å². The molecule has 10 heteroatoms. The van der Waals surface area contributed by atoms with Gasteiger partial charge in [0, 0.05) is 19.3 Å². The Morgan fingerprint density at radius 1 is 1.50 bits per heavy atom. The minimum atomic E-state index is -3.85. The lowest BCUT2D eigenvalue weighted by molar-refractivity contribution is 0.394. The summed E-state index contributed by atoms with van der Waals surface area (Å²) in [7, 11) is -5.64. The second kappa shape index (κ2) is 5.28. The smallest absolute Gasteiger partial charge is 0.246 e. The highest BCUT2D eigenvalue weighted by molar-refractivity contribution is 7.92. The van der Waals surface area contributed by atoms with Crippen molar-refractivity contribution in [1.29, 1.82) is 0 Å². The number of nitrogens with one attached hydrogen (secondary N) is 1. The number of aromatic nitrogens is 1. The summed E-state index contributed by atoms with van der Waals surface area (Å²) in [6, 6.07) is 2.29. The molecule has 2 rings (SSSR count). The van der Waals surface area contributed by atoms with Crippen LogP contribution in [0.25, 0.3) is 0 Å². The Kier molecular flexibility index (Phi) is 4.00. The Hall–Kier alpha value is -1.23. The summed E-state index contributed by atoms with van der Waals surface area (Å²) in [6.45, 7) is 0. The van der Waals surface area contributed by atoms with Crippen molar-refractivity contribution in [2.24, 2.45) is 5.84 Å². The fraction of sp³-hybridized carbons (Fsp3) is 0.500. The molecule has 3 N–H and O–H groups in total. The predicted octanol–water partition coefficient (Wildman–Crippen LogP) is -0.825. The first-order valence-electron chi connectivity index (χ1n) is 5.88. The normalized spacial score (nSPS) is 22.1. The molecule has 0 aromatic carbocycles. The summed E-state index contributed by atoms with van der Waals surface area (Å²) in [4.78, 5) is 3.77. The van der Waals surface area contributed by atoms with Crippen LogP contribution in [0.2, 0.25) is 0 Å². The minimum absolute atomic E-state index is 0.00651. The molecule has 0 amide bonds. The number of rotatable bonds is 4. The lowest BCUT2D eigenvalue weighted by atomic mass is 10.3. The highest BCUT2D eigenvalue weighted by atomic mass is 32.2. The first-order chi connectivity index (χ1) is 9.28. The topological polar surface area (TPSA) is 122 Å². The van der Waals surface area contributed by atoms with Crippen molar-refractivity contribution < 1.29 is 16.8 Å². The third kappa shape index (κ3) is 2.77. The minimum Gasteiger partial charge on any atom is -0.307 e. The molecule has 2 heterocycles. The lowest BCUT2D eigenvalue weighted by Crippen LogP contribution is -2.38. The summed E-state index contributed by atoms with van der Waals surface area (Å²) < 4.78 is 49.0. The van der Waals surface area contributed by atoms with Crippen molar-refractivity contribution in [3.05, 3.63) is 18.3 Å². The van der Waals surface area contributed by atoms with Crippen molar-refractivity contribution in [2.45, 2.75) is 17.4 Å². The second-order valence-corrected chi connectivity index (χ2v) is 8.77. The quantitative estimate of drug-likeness (QED) is 0.548. The van der Waals surface area contributed by atoms with Crippen LogP contribution in [0.3, 0.4) is 0 Å². The number of hydrogen-bond donors (Lipinski definition) is 2. The van der Waals surface area contributed by atoms with E-state index in [1.54, 1.807) is 0 Å². The summed E-state index contributed by atoms with van der Waals surface area (Å²) in [6.07, 6.45) is 1.71. The molecule has 1 aromatic heterocycles. The molecule has 1 fully saturated rings. The van der Waals surface area contributed by atoms with E-state index >= 15 is 0 Å². The number of pyridine rings is 1. The number of anilines is 1. The third-order valence-electron chi connectivity index (χ3n) is 3.29. The standard InChI is InChI=1S/C10H16N4O4S2/c1-14(8-4-6-19(15,16)7-8)20(17,18)9-3-2-5-12-10(9)13-11/h2-3,5,8H,4,6-7,11H2,1H3,(H,12,13). The van der Waals surface area contributed by atoms with Crippen molar-refractivity contribution >= 4 is 25.7 Å². The molecule has 1 saturated heterocycles. The van der Waals surface area contributed by atoms with E-state index in [0.717, 1.165) is 4.31 Å². The summed E-state index contributed by atoms with van der Waals surface area (Å²) in [5, 5.41) is 0. The second-order valence-electron chi connectivity index (χ2n) is 4.57. The molecule has 0 bridgehead atoms. The van der Waals surface area contributed by atoms with Gasteiger partial charge in [-0.1, -0.05) is 0 Å². The molecule has 8 nitrogen and oxygen atoms in total. The van der Waals surface area contributed by atoms with Gasteiger partial charge in [0.2, 0.25) is 10.0 Å². The maximum atomic E-state index is 12.5. The molecule has 1 aromatic rings. The Morgan fingerprint density at radius 3 is 2.75 bits per heavy atom. The van der Waals surface area contributed by atoms with E-state index in [2.05, 4.69) is 10.4 Å². The Labute approximate surface area is 117 Å². The molecule has 1 unspecified atom stereocenters. The number of nitrogens with two attached hydrogens (primary N) is 1. The number of hydrogen-bond acceptors (Lipinski definition) is 7. The van der Waals surface area contributed by atoms with E-state index in [4.69, 9.17) is 5.84 Å². The van der Waals surface area contributed by atoms with Gasteiger partial charge in [-0.25, -0.2) is 27.7 Å². The Balaban J connectivity index is 2.35. The van der Waals surface area contributed by atoms with Crippen LogP contribution in [0.1, 0.15) is 6.42 Å². The molecule has 112 valence electrons. The fourth-order valence-electron chi connectivity index (χ4n) is 2.12. The van der Waals surface area contributed by atoms with Crippen LogP contribution in [0.5, 0.6) is 0 Å². The van der Waals surface area contributed by atoms with Crippen LogP contribution in [-0.2, 0) is 19.9 Å². The molecule has 0 saturated carbocycles. The SMILES string of the molecule is CN(C1CCS(=O)(=O)C1)S(=O)(=O)c1cccnc1NN. The number of sulfonamides is 1. The maximum absolute atomic E-state index is 12.5. The van der Waals surface area contributed by atoms with Gasteiger partial charge < -0.3 is 5.43 Å². The molecule has 1 aliphatic heterocycles. The molecule has 0 spiro atoms. The Morgan fingerprint density at radius 2 is 2.20 bits per heavy atom. The monoisotopic (exact) mass is 320 g/mol. The lowest BCUT2D eigenvalue weighted by Gasteiger charge is -2.23. The first-order valence-corrected chi connectivity index (χ1v) is 9.14. The van der Waals surface area contributed by atoms with Gasteiger partial charge in [0.25, 0.3) is 0 Å². The molecular formula is C10H16N4O4S2. The molecule has 1 atom stereocenters. The van der Waals surface area contributed by atoms with Crippen molar-refractivity contribution in [2.75, 3.05) is 24.0 Å². The first kappa shape index (κ1) is 15.2. The van der Waals surface area contributed by atoms with Gasteiger partial charge in [-0.15, -0.1) is 0 Å². The van der Waals surface area contributed by atoms with Gasteiger partial charge in [-0.3, -0.25) is 0 Å². The van der Waals surface area contributed by atoms with Crippen LogP contribution in [0.4, 0.5) is 5.82 Å². The van der Waals surface area contributed by atoms with E-state index in [1.165, 1.54) is 25.4 Å². The van der Waals surface area contributed by atoms with E-state index in [1.807, 2.05) is 0 Å². The average Bonchev–Trinajstić information content (AvgIpc) is 2.78. The predicted molar refractivity (Wildman–Crippen MR) is 74.1 cm³/mol. The third-order valence-corrected chi connectivity index (χ3v) is 6.98. The molecule has 0 radical (unpaired) electrons. The highest BCUT2D eigenvalue weighted by Crippen LogP contribution is 2.26. The summed E-state index contributed by atoms with van der Waals surface area (Å²) >= 11 is 0. The van der Waals surface area contributed by atoms with Gasteiger partial charge in [0.1, 0.15) is 4.90 Å². The van der Waals surface area contributed by atoms with E-state index in [0.29, 0.717) is 6.42 Å². The summed E-state index contributed by atoms with van der Waals surface area (Å²) in [5.74, 6) is 5.13. The van der Waals surface area contributed by atoms with Crippen molar-refractivity contribution in [1.82, 2.24) is 9.29 Å². The van der Waals surface area contributed by atoms with Gasteiger partial charge in [-0.2, -0.15) is 4.31 Å². The number of hydrazine groups is 1. The van der Waals surface area contributed by atoms with E-state index in [-0.39, 0.29) is 22.2 Å². The maximum Gasteiger partial charge on any atom is 0.246 e. The van der Waals surface area contributed by atoms with Crippen molar-refractivity contribution in [3.63, 3.8) is 0 Å².